The maximum atomic E-state index is 13.7. The molecule has 1 aromatic heterocycles. The Bertz CT molecular complexity index is 526. The highest BCUT2D eigenvalue weighted by Gasteiger charge is 2.33. The van der Waals surface area contributed by atoms with Gasteiger partial charge in [0.2, 0.25) is 0 Å². The summed E-state index contributed by atoms with van der Waals surface area (Å²) in [5.74, 6) is -1.87. The quantitative estimate of drug-likeness (QED) is 0.832. The first-order valence-corrected chi connectivity index (χ1v) is 6.26. The summed E-state index contributed by atoms with van der Waals surface area (Å²) >= 11 is 0. The molecule has 0 bridgehead atoms. The Hall–Kier alpha value is -1.90. The number of carbonyl (C=O) groups is 1. The van der Waals surface area contributed by atoms with Gasteiger partial charge in [-0.05, 0) is 6.07 Å². The molecule has 1 amide bonds. The molecule has 9 heteroatoms. The first kappa shape index (κ1) is 15.5. The average Bonchev–Trinajstić information content (AvgIpc) is 2.40. The molecule has 0 aliphatic carbocycles. The van der Waals surface area contributed by atoms with Gasteiger partial charge in [-0.25, -0.2) is 9.37 Å². The molecule has 116 valence electrons. The van der Waals surface area contributed by atoms with Gasteiger partial charge >= 0.3 is 6.18 Å². The van der Waals surface area contributed by atoms with Crippen molar-refractivity contribution in [2.24, 2.45) is 0 Å². The number of piperazine rings is 1. The van der Waals surface area contributed by atoms with Gasteiger partial charge < -0.3 is 10.6 Å². The molecule has 2 heterocycles. The summed E-state index contributed by atoms with van der Waals surface area (Å²) in [6.45, 7) is -0.611. The summed E-state index contributed by atoms with van der Waals surface area (Å²) in [5, 5.41) is 0. The number of alkyl halides is 3. The van der Waals surface area contributed by atoms with Crippen molar-refractivity contribution in [2.75, 3.05) is 38.5 Å². The number of hydrogen-bond acceptors (Lipinski definition) is 4. The lowest BCUT2D eigenvalue weighted by atomic mass is 10.2. The predicted octanol–water partition coefficient (Wildman–Crippen LogP) is 1.12. The first-order valence-electron chi connectivity index (χ1n) is 6.26. The second-order valence-corrected chi connectivity index (χ2v) is 4.74. The largest absolute Gasteiger partial charge is 0.401 e. The molecule has 1 aliphatic rings. The van der Waals surface area contributed by atoms with E-state index in [0.29, 0.717) is 0 Å². The van der Waals surface area contributed by atoms with E-state index in [1.165, 1.54) is 22.1 Å². The first-order chi connectivity index (χ1) is 9.78. The van der Waals surface area contributed by atoms with Crippen molar-refractivity contribution in [2.45, 2.75) is 6.18 Å². The molecule has 0 spiro atoms. The van der Waals surface area contributed by atoms with Crippen LogP contribution in [-0.2, 0) is 0 Å². The fraction of sp³-hybridized carbons (Fsp3) is 0.500. The molecule has 0 unspecified atom stereocenters. The number of rotatable bonds is 2. The minimum Gasteiger partial charge on any atom is -0.381 e. The van der Waals surface area contributed by atoms with E-state index in [1.54, 1.807) is 0 Å². The summed E-state index contributed by atoms with van der Waals surface area (Å²) in [6, 6.07) is 1.20. The zero-order valence-electron chi connectivity index (χ0n) is 11.0. The fourth-order valence-corrected chi connectivity index (χ4v) is 2.16. The highest BCUT2D eigenvalue weighted by atomic mass is 19.4. The summed E-state index contributed by atoms with van der Waals surface area (Å²) in [6.07, 6.45) is -3.05. The van der Waals surface area contributed by atoms with E-state index in [1.807, 2.05) is 0 Å². The van der Waals surface area contributed by atoms with Crippen molar-refractivity contribution < 1.29 is 22.4 Å². The normalized spacial score (nSPS) is 17.0. The Labute approximate surface area is 118 Å². The number of anilines is 1. The second kappa shape index (κ2) is 5.84. The van der Waals surface area contributed by atoms with Gasteiger partial charge in [0.05, 0.1) is 12.1 Å². The van der Waals surface area contributed by atoms with Crippen LogP contribution in [0.4, 0.5) is 23.4 Å². The maximum Gasteiger partial charge on any atom is 0.401 e. The van der Waals surface area contributed by atoms with Crippen LogP contribution in [0.2, 0.25) is 0 Å². The van der Waals surface area contributed by atoms with Gasteiger partial charge in [-0.2, -0.15) is 13.2 Å². The lowest BCUT2D eigenvalue weighted by Crippen LogP contribution is -2.51. The van der Waals surface area contributed by atoms with Gasteiger partial charge in [-0.15, -0.1) is 0 Å². The Kier molecular flexibility index (Phi) is 4.31. The summed E-state index contributed by atoms with van der Waals surface area (Å²) < 4.78 is 50.5. The van der Waals surface area contributed by atoms with E-state index in [4.69, 9.17) is 5.73 Å². The van der Waals surface area contributed by atoms with Crippen molar-refractivity contribution in [3.63, 3.8) is 0 Å². The van der Waals surface area contributed by atoms with Crippen LogP contribution in [0.15, 0.2) is 12.3 Å². The van der Waals surface area contributed by atoms with Crippen molar-refractivity contribution in [1.82, 2.24) is 14.8 Å². The number of pyridine rings is 1. The SMILES string of the molecule is Nc1nccc(C(=O)N2CCN(CC(F)(F)F)CC2)c1F. The van der Waals surface area contributed by atoms with E-state index in [9.17, 15) is 22.4 Å². The van der Waals surface area contributed by atoms with Crippen molar-refractivity contribution in [1.29, 1.82) is 0 Å². The lowest BCUT2D eigenvalue weighted by molar-refractivity contribution is -0.148. The third-order valence-electron chi connectivity index (χ3n) is 3.21. The maximum absolute atomic E-state index is 13.7. The van der Waals surface area contributed by atoms with Crippen LogP contribution in [-0.4, -0.2) is 59.6 Å². The molecule has 0 aromatic carbocycles. The van der Waals surface area contributed by atoms with Crippen LogP contribution in [0.5, 0.6) is 0 Å². The standard InChI is InChI=1S/C12H14F4N4O/c13-9-8(1-2-18-10(9)17)11(21)20-5-3-19(4-6-20)7-12(14,15)16/h1-2H,3-7H2,(H2,17,18). The third-order valence-corrected chi connectivity index (χ3v) is 3.21. The predicted molar refractivity (Wildman–Crippen MR) is 67.0 cm³/mol. The molecule has 0 atom stereocenters. The molecule has 21 heavy (non-hydrogen) atoms. The monoisotopic (exact) mass is 306 g/mol. The van der Waals surface area contributed by atoms with Gasteiger partial charge in [0, 0.05) is 32.4 Å². The van der Waals surface area contributed by atoms with E-state index in [0.717, 1.165) is 0 Å². The molecular weight excluding hydrogens is 292 g/mol. The Morgan fingerprint density at radius 1 is 1.29 bits per heavy atom. The van der Waals surface area contributed by atoms with Gasteiger partial charge in [0.25, 0.3) is 5.91 Å². The minimum absolute atomic E-state index is 0.0907. The van der Waals surface area contributed by atoms with Crippen LogP contribution in [0.3, 0.4) is 0 Å². The number of carbonyl (C=O) groups excluding carboxylic acids is 1. The van der Waals surface area contributed by atoms with Gasteiger partial charge in [-0.3, -0.25) is 9.69 Å². The number of nitrogens with two attached hydrogens (primary N) is 1. The number of amides is 1. The molecule has 2 rings (SSSR count). The number of aromatic nitrogens is 1. The Balaban J connectivity index is 1.99. The molecule has 2 N–H and O–H groups in total. The van der Waals surface area contributed by atoms with Gasteiger partial charge in [0.15, 0.2) is 11.6 Å². The van der Waals surface area contributed by atoms with Gasteiger partial charge in [0.1, 0.15) is 0 Å². The van der Waals surface area contributed by atoms with Crippen LogP contribution in [0.1, 0.15) is 10.4 Å². The Morgan fingerprint density at radius 2 is 1.90 bits per heavy atom. The van der Waals surface area contributed by atoms with Crippen LogP contribution >= 0.6 is 0 Å². The van der Waals surface area contributed by atoms with Crippen LogP contribution in [0.25, 0.3) is 0 Å². The zero-order valence-corrected chi connectivity index (χ0v) is 11.0. The molecule has 0 saturated carbocycles. The van der Waals surface area contributed by atoms with Crippen molar-refractivity contribution >= 4 is 11.7 Å². The fourth-order valence-electron chi connectivity index (χ4n) is 2.16. The van der Waals surface area contributed by atoms with Crippen LogP contribution in [0, 0.1) is 5.82 Å². The van der Waals surface area contributed by atoms with Crippen molar-refractivity contribution in [3.05, 3.63) is 23.6 Å². The molecule has 0 radical (unpaired) electrons. The van der Waals surface area contributed by atoms with Gasteiger partial charge in [-0.1, -0.05) is 0 Å². The molecule has 1 saturated heterocycles. The number of halogens is 4. The number of hydrogen-bond donors (Lipinski definition) is 1. The second-order valence-electron chi connectivity index (χ2n) is 4.74. The zero-order chi connectivity index (χ0) is 15.6. The number of nitrogens with zero attached hydrogens (tertiary/aromatic N) is 3. The highest BCUT2D eigenvalue weighted by Crippen LogP contribution is 2.19. The molecular formula is C12H14F4N4O. The molecule has 1 fully saturated rings. The molecule has 1 aliphatic heterocycles. The highest BCUT2D eigenvalue weighted by molar-refractivity contribution is 5.95. The smallest absolute Gasteiger partial charge is 0.381 e. The Morgan fingerprint density at radius 3 is 2.48 bits per heavy atom. The van der Waals surface area contributed by atoms with Crippen molar-refractivity contribution in [3.8, 4) is 0 Å². The average molecular weight is 306 g/mol. The minimum atomic E-state index is -4.27. The van der Waals surface area contributed by atoms with E-state index >= 15 is 0 Å². The van der Waals surface area contributed by atoms with E-state index in [-0.39, 0.29) is 37.6 Å². The molecule has 5 nitrogen and oxygen atoms in total. The third kappa shape index (κ3) is 3.81. The molecule has 1 aromatic rings. The summed E-state index contributed by atoms with van der Waals surface area (Å²) in [4.78, 5) is 18.2. The topological polar surface area (TPSA) is 62.5 Å². The van der Waals surface area contributed by atoms with E-state index < -0.39 is 24.4 Å². The van der Waals surface area contributed by atoms with E-state index in [2.05, 4.69) is 4.98 Å². The lowest BCUT2D eigenvalue weighted by Gasteiger charge is -2.35. The number of nitrogen functional groups attached to an aromatic ring is 1. The summed E-state index contributed by atoms with van der Waals surface area (Å²) in [5.41, 5.74) is 5.07. The van der Waals surface area contributed by atoms with Crippen LogP contribution < -0.4 is 5.73 Å². The summed E-state index contributed by atoms with van der Waals surface area (Å²) in [7, 11) is 0.